The van der Waals surface area contributed by atoms with Crippen molar-refractivity contribution in [3.8, 4) is 0 Å². The number of rotatable bonds is 5. The van der Waals surface area contributed by atoms with Crippen LogP contribution in [0.15, 0.2) is 11.8 Å². The topological polar surface area (TPSA) is 37.3 Å². The lowest BCUT2D eigenvalue weighted by molar-refractivity contribution is -0.140. The highest BCUT2D eigenvalue weighted by atomic mass is 16.2. The quantitative estimate of drug-likeness (QED) is 0.486. The molecule has 0 radical (unpaired) electrons. The van der Waals surface area contributed by atoms with E-state index in [1.165, 1.54) is 64.0 Å². The number of hydrogen-bond donors (Lipinski definition) is 1. The molecule has 8 atom stereocenters. The van der Waals surface area contributed by atoms with Gasteiger partial charge in [-0.05, 0) is 117 Å². The molecule has 4 fully saturated rings. The summed E-state index contributed by atoms with van der Waals surface area (Å²) in [5, 5.41) is 9.15. The Morgan fingerprint density at radius 1 is 1.10 bits per heavy atom. The predicted octanol–water partition coefficient (Wildman–Crippen LogP) is 7.48. The molecule has 29 heavy (non-hydrogen) atoms. The van der Waals surface area contributed by atoms with Crippen LogP contribution in [0, 0.1) is 46.3 Å². The van der Waals surface area contributed by atoms with Crippen molar-refractivity contribution in [2.24, 2.45) is 46.3 Å². The number of allylic oxidation sites excluding steroid dienone is 1. The van der Waals surface area contributed by atoms with Gasteiger partial charge in [-0.25, -0.2) is 0 Å². The van der Waals surface area contributed by atoms with E-state index in [9.17, 15) is 4.79 Å². The molecule has 1 unspecified atom stereocenters. The Labute approximate surface area is 178 Å². The molecule has 0 saturated heterocycles. The Balaban J connectivity index is 1.45. The van der Waals surface area contributed by atoms with Crippen molar-refractivity contribution in [2.45, 2.75) is 105 Å². The van der Waals surface area contributed by atoms with Gasteiger partial charge in [0, 0.05) is 12.8 Å². The van der Waals surface area contributed by atoms with Gasteiger partial charge >= 0.3 is 0 Å². The van der Waals surface area contributed by atoms with E-state index in [4.69, 9.17) is 5.11 Å². The van der Waals surface area contributed by atoms with Gasteiger partial charge in [0.25, 0.3) is 0 Å². The van der Waals surface area contributed by atoms with Crippen LogP contribution in [0.3, 0.4) is 0 Å². The number of Topliss-reactive ketones (excluding diaryl/α,β-unsaturated/α-hetero) is 1. The third-order valence-corrected chi connectivity index (χ3v) is 10.7. The maximum absolute atomic E-state index is 12.1. The van der Waals surface area contributed by atoms with Gasteiger partial charge in [0.2, 0.25) is 0 Å². The molecule has 0 aromatic carbocycles. The molecule has 0 bridgehead atoms. The van der Waals surface area contributed by atoms with Crippen LogP contribution in [-0.2, 0) is 4.79 Å². The van der Waals surface area contributed by atoms with Crippen molar-refractivity contribution in [1.29, 1.82) is 0 Å². The molecule has 0 amide bonds. The fourth-order valence-corrected chi connectivity index (χ4v) is 8.99. The number of carbonyl (C=O) groups excluding carboxylic acids is 1. The number of ketones is 1. The molecule has 4 saturated carbocycles. The van der Waals surface area contributed by atoms with E-state index in [1.54, 1.807) is 0 Å². The van der Waals surface area contributed by atoms with E-state index in [0.717, 1.165) is 54.4 Å². The van der Waals surface area contributed by atoms with Crippen LogP contribution >= 0.6 is 0 Å². The van der Waals surface area contributed by atoms with Gasteiger partial charge < -0.3 is 5.11 Å². The first kappa shape index (κ1) is 21.4. The predicted molar refractivity (Wildman–Crippen MR) is 120 cm³/mol. The Hall–Kier alpha value is -0.790. The van der Waals surface area contributed by atoms with E-state index in [0.29, 0.717) is 22.5 Å². The molecule has 0 aromatic rings. The SMILES string of the molecule is CC(=CO)CCC[C@@H](C)[C@H]1CC[C@H]2[C@@H]3CCC4CC(=O)CC[C@]4(C)[C@H]3CC[C@]12C. The van der Waals surface area contributed by atoms with Crippen LogP contribution in [0.25, 0.3) is 0 Å². The first-order chi connectivity index (χ1) is 13.8. The van der Waals surface area contributed by atoms with Gasteiger partial charge in [0.1, 0.15) is 5.78 Å². The van der Waals surface area contributed by atoms with Crippen LogP contribution in [0.4, 0.5) is 0 Å². The van der Waals surface area contributed by atoms with Gasteiger partial charge in [-0.1, -0.05) is 27.2 Å². The number of fused-ring (bicyclic) bond motifs is 5. The summed E-state index contributed by atoms with van der Waals surface area (Å²) in [6.45, 7) is 9.76. The van der Waals surface area contributed by atoms with E-state index >= 15 is 0 Å². The highest BCUT2D eigenvalue weighted by Crippen LogP contribution is 2.68. The highest BCUT2D eigenvalue weighted by molar-refractivity contribution is 5.79. The summed E-state index contributed by atoms with van der Waals surface area (Å²) in [6.07, 6.45) is 16.1. The summed E-state index contributed by atoms with van der Waals surface area (Å²) in [4.78, 5) is 12.1. The minimum Gasteiger partial charge on any atom is -0.516 e. The fourth-order valence-electron chi connectivity index (χ4n) is 8.99. The number of hydrogen-bond acceptors (Lipinski definition) is 2. The summed E-state index contributed by atoms with van der Waals surface area (Å²) in [7, 11) is 0. The molecule has 2 heteroatoms. The van der Waals surface area contributed by atoms with Crippen molar-refractivity contribution in [2.75, 3.05) is 0 Å². The van der Waals surface area contributed by atoms with Crippen LogP contribution in [0.1, 0.15) is 105 Å². The number of carbonyl (C=O) groups is 1. The van der Waals surface area contributed by atoms with Crippen molar-refractivity contribution in [3.63, 3.8) is 0 Å². The first-order valence-electron chi connectivity index (χ1n) is 12.6. The maximum atomic E-state index is 12.1. The van der Waals surface area contributed by atoms with Gasteiger partial charge in [0.15, 0.2) is 0 Å². The molecule has 164 valence electrons. The van der Waals surface area contributed by atoms with E-state index in [-0.39, 0.29) is 0 Å². The standard InChI is InChI=1S/C27H44O2/c1-18(17-28)6-5-7-19(2)23-10-11-24-22-9-8-20-16-21(29)12-14-26(20,3)25(22)13-15-27(23,24)4/h17,19-20,22-25,28H,5-16H2,1-4H3/t19-,20?,22+,23-,24+,25+,26+,27-/m1/s1. The molecule has 4 aliphatic carbocycles. The van der Waals surface area contributed by atoms with Crippen LogP contribution in [0.2, 0.25) is 0 Å². The Kier molecular flexibility index (Phi) is 5.95. The number of aliphatic hydroxyl groups is 1. The summed E-state index contributed by atoms with van der Waals surface area (Å²) >= 11 is 0. The van der Waals surface area contributed by atoms with E-state index < -0.39 is 0 Å². The van der Waals surface area contributed by atoms with Crippen molar-refractivity contribution in [1.82, 2.24) is 0 Å². The molecule has 0 aromatic heterocycles. The molecule has 4 aliphatic rings. The summed E-state index contributed by atoms with van der Waals surface area (Å²) in [6, 6.07) is 0. The molecule has 2 nitrogen and oxygen atoms in total. The van der Waals surface area contributed by atoms with Crippen LogP contribution < -0.4 is 0 Å². The smallest absolute Gasteiger partial charge is 0.133 e. The Morgan fingerprint density at radius 2 is 1.86 bits per heavy atom. The summed E-state index contributed by atoms with van der Waals surface area (Å²) < 4.78 is 0. The monoisotopic (exact) mass is 400 g/mol. The van der Waals surface area contributed by atoms with Crippen molar-refractivity contribution >= 4 is 5.78 Å². The van der Waals surface area contributed by atoms with E-state index in [1.807, 2.05) is 6.92 Å². The third-order valence-electron chi connectivity index (χ3n) is 10.7. The number of aliphatic hydroxyl groups excluding tert-OH is 1. The van der Waals surface area contributed by atoms with Crippen LogP contribution in [-0.4, -0.2) is 10.9 Å². The van der Waals surface area contributed by atoms with Crippen LogP contribution in [0.5, 0.6) is 0 Å². The first-order valence-corrected chi connectivity index (χ1v) is 12.6. The molecule has 1 N–H and O–H groups in total. The Bertz CT molecular complexity index is 651. The molecule has 0 spiro atoms. The van der Waals surface area contributed by atoms with Gasteiger partial charge in [-0.2, -0.15) is 0 Å². The summed E-state index contributed by atoms with van der Waals surface area (Å²) in [5.74, 6) is 5.60. The second kappa shape index (κ2) is 8.04. The molecule has 0 heterocycles. The second-order valence-corrected chi connectivity index (χ2v) is 12.0. The van der Waals surface area contributed by atoms with Gasteiger partial charge in [-0.15, -0.1) is 0 Å². The second-order valence-electron chi connectivity index (χ2n) is 12.0. The zero-order valence-corrected chi connectivity index (χ0v) is 19.4. The van der Waals surface area contributed by atoms with Crippen molar-refractivity contribution in [3.05, 3.63) is 11.8 Å². The zero-order chi connectivity index (χ0) is 20.8. The normalized spacial score (nSPS) is 46.0. The molecule has 0 aliphatic heterocycles. The van der Waals surface area contributed by atoms with E-state index in [2.05, 4.69) is 20.8 Å². The average molecular weight is 401 g/mol. The minimum atomic E-state index is 0.440. The maximum Gasteiger partial charge on any atom is 0.133 e. The third kappa shape index (κ3) is 3.61. The zero-order valence-electron chi connectivity index (χ0n) is 19.4. The van der Waals surface area contributed by atoms with Gasteiger partial charge in [-0.3, -0.25) is 4.79 Å². The lowest BCUT2D eigenvalue weighted by Crippen LogP contribution is -2.53. The Morgan fingerprint density at radius 3 is 2.62 bits per heavy atom. The molecule has 4 rings (SSSR count). The highest BCUT2D eigenvalue weighted by Gasteiger charge is 2.60. The average Bonchev–Trinajstić information content (AvgIpc) is 3.05. The largest absolute Gasteiger partial charge is 0.516 e. The fraction of sp³-hybridized carbons (Fsp3) is 0.889. The van der Waals surface area contributed by atoms with Gasteiger partial charge in [0.05, 0.1) is 6.26 Å². The minimum absolute atomic E-state index is 0.440. The lowest BCUT2D eigenvalue weighted by Gasteiger charge is -2.60. The van der Waals surface area contributed by atoms with Crippen molar-refractivity contribution < 1.29 is 9.90 Å². The molecular weight excluding hydrogens is 356 g/mol. The lowest BCUT2D eigenvalue weighted by atomic mass is 9.44. The summed E-state index contributed by atoms with van der Waals surface area (Å²) in [5.41, 5.74) is 2.09. The molecular formula is C27H44O2.